The van der Waals surface area contributed by atoms with Crippen molar-refractivity contribution in [3.63, 3.8) is 0 Å². The molecule has 1 aliphatic rings. The quantitative estimate of drug-likeness (QED) is 0.409. The first-order valence-electron chi connectivity index (χ1n) is 8.53. The lowest BCUT2D eigenvalue weighted by Crippen LogP contribution is -2.43. The third-order valence-corrected chi connectivity index (χ3v) is 4.57. The van der Waals surface area contributed by atoms with Crippen molar-refractivity contribution in [3.05, 3.63) is 64.2 Å². The fourth-order valence-corrected chi connectivity index (χ4v) is 3.19. The minimum absolute atomic E-state index is 0.0977. The summed E-state index contributed by atoms with van der Waals surface area (Å²) in [6, 6.07) is 11.6. The second-order valence-corrected chi connectivity index (χ2v) is 7.86. The Morgan fingerprint density at radius 2 is 1.76 bits per heavy atom. The first-order chi connectivity index (χ1) is 13.7. The largest absolute Gasteiger partial charge is 0.415 e. The Hall–Kier alpha value is -3.18. The van der Waals surface area contributed by atoms with Crippen LogP contribution in [0.3, 0.4) is 0 Å². The van der Waals surface area contributed by atoms with Crippen LogP contribution in [0.1, 0.15) is 11.7 Å². The van der Waals surface area contributed by atoms with Gasteiger partial charge in [0.05, 0.1) is 24.3 Å². The lowest BCUT2D eigenvalue weighted by Gasteiger charge is -2.32. The number of non-ortho nitro benzene ring substituents is 1. The molecule has 2 aromatic rings. The molecule has 2 aromatic carbocycles. The van der Waals surface area contributed by atoms with Gasteiger partial charge in [0.15, 0.2) is 0 Å². The smallest absolute Gasteiger partial charge is 0.410 e. The summed E-state index contributed by atoms with van der Waals surface area (Å²) >= 11 is 0. The molecule has 1 saturated heterocycles. The van der Waals surface area contributed by atoms with Crippen LogP contribution in [-0.4, -0.2) is 50.3 Å². The minimum Gasteiger partial charge on any atom is -0.410 e. The van der Waals surface area contributed by atoms with Gasteiger partial charge in [0.25, 0.3) is 5.69 Å². The van der Waals surface area contributed by atoms with Crippen LogP contribution in [0.15, 0.2) is 48.5 Å². The van der Waals surface area contributed by atoms with Crippen LogP contribution in [0, 0.1) is 10.1 Å². The van der Waals surface area contributed by atoms with Crippen LogP contribution in [0.4, 0.5) is 10.5 Å². The summed E-state index contributed by atoms with van der Waals surface area (Å²) in [5.41, 5.74) is 0.651. The zero-order chi connectivity index (χ0) is 21.0. The van der Waals surface area contributed by atoms with Gasteiger partial charge in [0, 0.05) is 18.7 Å². The standard InChI is InChI=1S/C18H18N2O8S/c1-29(24,25)28-16-6-2-13(3-7-16)17-12-19(10-11-26-17)18(21)27-15-8-4-14(5-9-15)20(22)23/h2-9,17H,10-12H2,1H3/t17-/m1/s1. The van der Waals surface area contributed by atoms with E-state index in [0.717, 1.165) is 11.8 Å². The molecule has 11 heteroatoms. The number of carbonyl (C=O) groups is 1. The van der Waals surface area contributed by atoms with E-state index in [2.05, 4.69) is 0 Å². The van der Waals surface area contributed by atoms with Crippen molar-refractivity contribution in [2.24, 2.45) is 0 Å². The number of amides is 1. The molecule has 10 nitrogen and oxygen atoms in total. The average molecular weight is 422 g/mol. The van der Waals surface area contributed by atoms with E-state index in [1.807, 2.05) is 0 Å². The summed E-state index contributed by atoms with van der Waals surface area (Å²) in [5, 5.41) is 10.7. The molecule has 0 bridgehead atoms. The fraction of sp³-hybridized carbons (Fsp3) is 0.278. The molecule has 0 spiro atoms. The molecule has 1 atom stereocenters. The number of hydrogen-bond acceptors (Lipinski definition) is 8. The lowest BCUT2D eigenvalue weighted by molar-refractivity contribution is -0.384. The second kappa shape index (κ2) is 8.45. The van der Waals surface area contributed by atoms with Crippen molar-refractivity contribution in [3.8, 4) is 11.5 Å². The molecule has 0 aromatic heterocycles. The van der Waals surface area contributed by atoms with Gasteiger partial charge >= 0.3 is 16.2 Å². The summed E-state index contributed by atoms with van der Waals surface area (Å²) in [6.45, 7) is 0.858. The molecule has 1 aliphatic heterocycles. The van der Waals surface area contributed by atoms with Crippen LogP contribution in [0.5, 0.6) is 11.5 Å². The third-order valence-electron chi connectivity index (χ3n) is 4.08. The van der Waals surface area contributed by atoms with E-state index < -0.39 is 27.2 Å². The summed E-state index contributed by atoms with van der Waals surface area (Å²) in [4.78, 5) is 24.0. The highest BCUT2D eigenvalue weighted by Crippen LogP contribution is 2.26. The van der Waals surface area contributed by atoms with E-state index >= 15 is 0 Å². The molecule has 0 saturated carbocycles. The van der Waals surface area contributed by atoms with E-state index in [0.29, 0.717) is 13.2 Å². The van der Waals surface area contributed by atoms with Crippen LogP contribution in [-0.2, 0) is 14.9 Å². The van der Waals surface area contributed by atoms with Crippen LogP contribution in [0.2, 0.25) is 0 Å². The maximum atomic E-state index is 12.4. The van der Waals surface area contributed by atoms with Gasteiger partial charge in [0.2, 0.25) is 0 Å². The summed E-state index contributed by atoms with van der Waals surface area (Å²) in [6.07, 6.45) is -0.0517. The minimum atomic E-state index is -3.61. The van der Waals surface area contributed by atoms with Gasteiger partial charge in [-0.1, -0.05) is 12.1 Å². The number of rotatable bonds is 5. The molecule has 1 heterocycles. The Labute approximate surface area is 166 Å². The van der Waals surface area contributed by atoms with E-state index in [9.17, 15) is 23.3 Å². The molecule has 0 N–H and O–H groups in total. The topological polar surface area (TPSA) is 125 Å². The normalized spacial score (nSPS) is 16.9. The molecule has 0 aliphatic carbocycles. The molecule has 1 amide bonds. The van der Waals surface area contributed by atoms with Crippen molar-refractivity contribution in [2.45, 2.75) is 6.10 Å². The number of carbonyl (C=O) groups excluding carboxylic acids is 1. The van der Waals surface area contributed by atoms with Crippen molar-refractivity contribution >= 4 is 21.9 Å². The number of hydrogen-bond donors (Lipinski definition) is 0. The Balaban J connectivity index is 1.62. The van der Waals surface area contributed by atoms with Gasteiger partial charge in [0.1, 0.15) is 17.6 Å². The Morgan fingerprint density at radius 3 is 2.34 bits per heavy atom. The summed E-state index contributed by atoms with van der Waals surface area (Å²) < 4.78 is 38.1. The first kappa shape index (κ1) is 20.6. The number of morpholine rings is 1. The van der Waals surface area contributed by atoms with Crippen LogP contribution in [0.25, 0.3) is 0 Å². The number of nitro benzene ring substituents is 1. The van der Waals surface area contributed by atoms with Gasteiger partial charge < -0.3 is 18.6 Å². The molecule has 0 unspecified atom stereocenters. The van der Waals surface area contributed by atoms with E-state index in [1.165, 1.54) is 41.3 Å². The van der Waals surface area contributed by atoms with Crippen molar-refractivity contribution < 1.29 is 31.8 Å². The van der Waals surface area contributed by atoms with Crippen molar-refractivity contribution in [2.75, 3.05) is 26.0 Å². The molecule has 1 fully saturated rings. The maximum absolute atomic E-state index is 12.4. The number of nitrogens with zero attached hydrogens (tertiary/aromatic N) is 2. The number of nitro groups is 1. The van der Waals surface area contributed by atoms with Gasteiger partial charge in [-0.2, -0.15) is 8.42 Å². The number of benzene rings is 2. The van der Waals surface area contributed by atoms with E-state index in [4.69, 9.17) is 13.7 Å². The maximum Gasteiger partial charge on any atom is 0.415 e. The highest BCUT2D eigenvalue weighted by molar-refractivity contribution is 7.86. The summed E-state index contributed by atoms with van der Waals surface area (Å²) in [7, 11) is -3.61. The van der Waals surface area contributed by atoms with Crippen LogP contribution >= 0.6 is 0 Å². The highest BCUT2D eigenvalue weighted by Gasteiger charge is 2.27. The molecule has 0 radical (unpaired) electrons. The van der Waals surface area contributed by atoms with E-state index in [-0.39, 0.29) is 23.7 Å². The van der Waals surface area contributed by atoms with E-state index in [1.54, 1.807) is 12.1 Å². The molecule has 3 rings (SSSR count). The molecule has 29 heavy (non-hydrogen) atoms. The number of ether oxygens (including phenoxy) is 2. The molecular formula is C18H18N2O8S. The van der Waals surface area contributed by atoms with Gasteiger partial charge in [-0.3, -0.25) is 10.1 Å². The Bertz CT molecular complexity index is 990. The lowest BCUT2D eigenvalue weighted by atomic mass is 10.1. The fourth-order valence-electron chi connectivity index (χ4n) is 2.73. The Morgan fingerprint density at radius 1 is 1.14 bits per heavy atom. The van der Waals surface area contributed by atoms with Crippen molar-refractivity contribution in [1.29, 1.82) is 0 Å². The SMILES string of the molecule is CS(=O)(=O)Oc1ccc([C@H]2CN(C(=O)Oc3ccc([N+](=O)[O-])cc3)CCO2)cc1. The second-order valence-electron chi connectivity index (χ2n) is 6.28. The molecular weight excluding hydrogens is 404 g/mol. The zero-order valence-electron chi connectivity index (χ0n) is 15.4. The van der Waals surface area contributed by atoms with Crippen LogP contribution < -0.4 is 8.92 Å². The zero-order valence-corrected chi connectivity index (χ0v) is 16.2. The monoisotopic (exact) mass is 422 g/mol. The predicted molar refractivity (Wildman–Crippen MR) is 101 cm³/mol. The Kier molecular flexibility index (Phi) is 5.99. The van der Waals surface area contributed by atoms with Crippen molar-refractivity contribution in [1.82, 2.24) is 4.90 Å². The first-order valence-corrected chi connectivity index (χ1v) is 10.4. The molecule has 154 valence electrons. The van der Waals surface area contributed by atoms with Gasteiger partial charge in [-0.25, -0.2) is 4.79 Å². The summed E-state index contributed by atoms with van der Waals surface area (Å²) in [5.74, 6) is 0.382. The average Bonchev–Trinajstić information content (AvgIpc) is 2.68. The van der Waals surface area contributed by atoms with Gasteiger partial charge in [-0.15, -0.1) is 0 Å². The van der Waals surface area contributed by atoms with Gasteiger partial charge in [-0.05, 0) is 29.8 Å². The highest BCUT2D eigenvalue weighted by atomic mass is 32.2. The third kappa shape index (κ3) is 5.65. The predicted octanol–water partition coefficient (Wildman–Crippen LogP) is 2.51.